The number of hydrogen-bond donors (Lipinski definition) is 2. The number of thiazole rings is 1. The van der Waals surface area contributed by atoms with Gasteiger partial charge in [0.1, 0.15) is 4.88 Å². The molecule has 1 saturated heterocycles. The van der Waals surface area contributed by atoms with E-state index >= 15 is 0 Å². The molecule has 2 aromatic heterocycles. The number of carboxylic acids is 2. The number of aromatic carboxylic acids is 1. The number of rotatable bonds is 5. The zero-order valence-electron chi connectivity index (χ0n) is 15.6. The smallest absolute Gasteiger partial charge is 0.477 e. The molecule has 0 aromatic carbocycles. The number of nitrogens with zero attached hydrogens (tertiary/aromatic N) is 2. The Morgan fingerprint density at radius 1 is 1.28 bits per heavy atom. The van der Waals surface area contributed by atoms with E-state index in [9.17, 15) is 18.0 Å². The van der Waals surface area contributed by atoms with E-state index in [0.29, 0.717) is 16.5 Å². The number of halogens is 3. The van der Waals surface area contributed by atoms with Crippen molar-refractivity contribution in [1.82, 2.24) is 9.88 Å². The SMILES string of the molecule is Cc1nc(CC2CCN(Cc3cccs3)CC2)sc1C(=O)O.O=C(O)C(F)(F)F. The molecule has 2 N–H and O–H groups in total. The Bertz CT molecular complexity index is 814. The van der Waals surface area contributed by atoms with Crippen molar-refractivity contribution in [3.63, 3.8) is 0 Å². The van der Waals surface area contributed by atoms with Crippen LogP contribution in [0.2, 0.25) is 0 Å². The number of thiophene rings is 1. The van der Waals surface area contributed by atoms with Gasteiger partial charge in [0.15, 0.2) is 0 Å². The van der Waals surface area contributed by atoms with Crippen LogP contribution in [-0.4, -0.2) is 51.3 Å². The van der Waals surface area contributed by atoms with Crippen molar-refractivity contribution in [2.75, 3.05) is 13.1 Å². The lowest BCUT2D eigenvalue weighted by Gasteiger charge is -2.31. The van der Waals surface area contributed by atoms with Crippen LogP contribution < -0.4 is 0 Å². The fraction of sp³-hybridized carbons (Fsp3) is 0.500. The first-order valence-electron chi connectivity index (χ1n) is 8.80. The Morgan fingerprint density at radius 2 is 1.90 bits per heavy atom. The number of carbonyl (C=O) groups is 2. The molecule has 0 bridgehead atoms. The van der Waals surface area contributed by atoms with Gasteiger partial charge in [0.2, 0.25) is 0 Å². The molecule has 0 saturated carbocycles. The monoisotopic (exact) mass is 450 g/mol. The Morgan fingerprint density at radius 3 is 2.34 bits per heavy atom. The summed E-state index contributed by atoms with van der Waals surface area (Å²) in [4.78, 5) is 28.8. The molecule has 3 heterocycles. The number of aromatic nitrogens is 1. The van der Waals surface area contributed by atoms with Crippen molar-refractivity contribution in [2.45, 2.75) is 38.9 Å². The van der Waals surface area contributed by atoms with Crippen molar-refractivity contribution in [2.24, 2.45) is 5.92 Å². The van der Waals surface area contributed by atoms with E-state index in [1.807, 2.05) is 11.3 Å². The van der Waals surface area contributed by atoms with E-state index in [1.165, 1.54) is 29.1 Å². The highest BCUT2D eigenvalue weighted by molar-refractivity contribution is 7.13. The number of alkyl halides is 3. The van der Waals surface area contributed by atoms with Gasteiger partial charge in [-0.1, -0.05) is 6.07 Å². The lowest BCUT2D eigenvalue weighted by atomic mass is 9.94. The van der Waals surface area contributed by atoms with E-state index in [2.05, 4.69) is 27.4 Å². The summed E-state index contributed by atoms with van der Waals surface area (Å²) in [5.41, 5.74) is 0.655. The van der Waals surface area contributed by atoms with E-state index in [0.717, 1.165) is 31.1 Å². The highest BCUT2D eigenvalue weighted by Crippen LogP contribution is 2.27. The van der Waals surface area contributed by atoms with Crippen LogP contribution in [-0.2, 0) is 17.8 Å². The summed E-state index contributed by atoms with van der Waals surface area (Å²) in [6, 6.07) is 4.31. The molecule has 11 heteroatoms. The summed E-state index contributed by atoms with van der Waals surface area (Å²) >= 11 is 3.16. The van der Waals surface area contributed by atoms with Gasteiger partial charge in [0.05, 0.1) is 10.7 Å². The molecule has 0 aliphatic carbocycles. The molecule has 0 unspecified atom stereocenters. The minimum Gasteiger partial charge on any atom is -0.477 e. The molecule has 1 aliphatic rings. The van der Waals surface area contributed by atoms with Crippen LogP contribution >= 0.6 is 22.7 Å². The molecule has 2 aromatic rings. The van der Waals surface area contributed by atoms with Crippen LogP contribution in [0, 0.1) is 12.8 Å². The standard InChI is InChI=1S/C16H20N2O2S2.C2HF3O2/c1-11-15(16(19)20)22-14(17-11)9-12-4-6-18(7-5-12)10-13-3-2-8-21-13;3-2(4,5)1(6)7/h2-3,8,12H,4-7,9-10H2,1H3,(H,19,20);(H,6,7). The number of likely N-dealkylation sites (tertiary alicyclic amines) is 1. The lowest BCUT2D eigenvalue weighted by molar-refractivity contribution is -0.192. The predicted octanol–water partition coefficient (Wildman–Crippen LogP) is 4.30. The summed E-state index contributed by atoms with van der Waals surface area (Å²) in [6.07, 6.45) is -1.82. The third kappa shape index (κ3) is 7.41. The zero-order chi connectivity index (χ0) is 21.6. The van der Waals surface area contributed by atoms with Crippen molar-refractivity contribution in [3.8, 4) is 0 Å². The number of piperidine rings is 1. The van der Waals surface area contributed by atoms with E-state index in [1.54, 1.807) is 6.92 Å². The second kappa shape index (κ2) is 10.2. The van der Waals surface area contributed by atoms with Gasteiger partial charge in [0.25, 0.3) is 0 Å². The van der Waals surface area contributed by atoms with Crippen molar-refractivity contribution in [1.29, 1.82) is 0 Å². The minimum absolute atomic E-state index is 0.394. The number of hydrogen-bond acceptors (Lipinski definition) is 6. The maximum atomic E-state index is 11.1. The Labute approximate surface area is 173 Å². The molecule has 6 nitrogen and oxygen atoms in total. The molecule has 0 amide bonds. The van der Waals surface area contributed by atoms with Crippen LogP contribution in [0.4, 0.5) is 13.2 Å². The second-order valence-corrected chi connectivity index (χ2v) is 8.75. The average molecular weight is 451 g/mol. The van der Waals surface area contributed by atoms with Crippen LogP contribution in [0.15, 0.2) is 17.5 Å². The zero-order valence-corrected chi connectivity index (χ0v) is 17.2. The third-order valence-electron chi connectivity index (χ3n) is 4.41. The van der Waals surface area contributed by atoms with Gasteiger partial charge >= 0.3 is 18.1 Å². The molecule has 0 spiro atoms. The first-order chi connectivity index (χ1) is 13.6. The van der Waals surface area contributed by atoms with Crippen LogP contribution in [0.5, 0.6) is 0 Å². The molecule has 0 radical (unpaired) electrons. The summed E-state index contributed by atoms with van der Waals surface area (Å²) in [7, 11) is 0. The number of aliphatic carboxylic acids is 1. The van der Waals surface area contributed by atoms with Crippen LogP contribution in [0.3, 0.4) is 0 Å². The summed E-state index contributed by atoms with van der Waals surface area (Å²) in [6.45, 7) is 5.09. The normalized spacial score (nSPS) is 15.6. The van der Waals surface area contributed by atoms with Crippen molar-refractivity contribution < 1.29 is 33.0 Å². The first kappa shape index (κ1) is 23.3. The van der Waals surface area contributed by atoms with Crippen LogP contribution in [0.25, 0.3) is 0 Å². The Balaban J connectivity index is 0.000000370. The second-order valence-electron chi connectivity index (χ2n) is 6.63. The summed E-state index contributed by atoms with van der Waals surface area (Å²) in [5, 5.41) is 19.3. The van der Waals surface area contributed by atoms with E-state index < -0.39 is 18.1 Å². The van der Waals surface area contributed by atoms with Gasteiger partial charge in [0, 0.05) is 17.8 Å². The molecule has 0 atom stereocenters. The van der Waals surface area contributed by atoms with Gasteiger partial charge in [-0.15, -0.1) is 22.7 Å². The maximum absolute atomic E-state index is 11.1. The number of carboxylic acid groups (broad SMARTS) is 2. The topological polar surface area (TPSA) is 90.7 Å². The predicted molar refractivity (Wildman–Crippen MR) is 104 cm³/mol. The average Bonchev–Trinajstić information content (AvgIpc) is 3.26. The fourth-order valence-electron chi connectivity index (χ4n) is 2.96. The van der Waals surface area contributed by atoms with Gasteiger partial charge in [-0.2, -0.15) is 13.2 Å². The molecule has 1 aliphatic heterocycles. The summed E-state index contributed by atoms with van der Waals surface area (Å²) in [5.74, 6) is -2.98. The molecular formula is C18H21F3N2O4S2. The van der Waals surface area contributed by atoms with Gasteiger partial charge in [-0.3, -0.25) is 4.90 Å². The van der Waals surface area contributed by atoms with Gasteiger partial charge < -0.3 is 10.2 Å². The molecule has 160 valence electrons. The Hall–Kier alpha value is -1.98. The fourth-order valence-corrected chi connectivity index (χ4v) is 4.72. The van der Waals surface area contributed by atoms with Gasteiger partial charge in [-0.25, -0.2) is 14.6 Å². The molecule has 1 fully saturated rings. The first-order valence-corrected chi connectivity index (χ1v) is 10.5. The van der Waals surface area contributed by atoms with E-state index in [4.69, 9.17) is 15.0 Å². The van der Waals surface area contributed by atoms with Crippen LogP contribution in [0.1, 0.15) is 38.1 Å². The van der Waals surface area contributed by atoms with Gasteiger partial charge in [-0.05, 0) is 50.2 Å². The highest BCUT2D eigenvalue weighted by Gasteiger charge is 2.38. The maximum Gasteiger partial charge on any atom is 0.490 e. The van der Waals surface area contributed by atoms with Crippen molar-refractivity contribution >= 4 is 34.6 Å². The lowest BCUT2D eigenvalue weighted by Crippen LogP contribution is -2.33. The third-order valence-corrected chi connectivity index (χ3v) is 6.44. The largest absolute Gasteiger partial charge is 0.490 e. The quantitative estimate of drug-likeness (QED) is 0.706. The molecule has 3 rings (SSSR count). The summed E-state index contributed by atoms with van der Waals surface area (Å²) < 4.78 is 31.7. The number of aryl methyl sites for hydroxylation is 1. The Kier molecular flexibility index (Phi) is 8.17. The minimum atomic E-state index is -5.08. The van der Waals surface area contributed by atoms with Crippen molar-refractivity contribution in [3.05, 3.63) is 38.0 Å². The highest BCUT2D eigenvalue weighted by atomic mass is 32.1. The molecular weight excluding hydrogens is 429 g/mol. The molecule has 29 heavy (non-hydrogen) atoms. The van der Waals surface area contributed by atoms with E-state index in [-0.39, 0.29) is 0 Å².